The van der Waals surface area contributed by atoms with Crippen molar-refractivity contribution < 1.29 is 13.2 Å². The van der Waals surface area contributed by atoms with Gasteiger partial charge in [0.15, 0.2) is 0 Å². The molecule has 2 fully saturated rings. The standard InChI is InChI=1S/C17H25NO3S/c1-21-16-9-15(10-16)12-22(19,20)18-13-17(7-8-17)11-14-5-3-2-4-6-14/h2-6,15-16,18H,7-13H2,1H3. The molecule has 2 saturated carbocycles. The fourth-order valence-corrected chi connectivity index (χ4v) is 4.79. The maximum absolute atomic E-state index is 12.2. The second kappa shape index (κ2) is 6.30. The van der Waals surface area contributed by atoms with Crippen LogP contribution in [0.3, 0.4) is 0 Å². The van der Waals surface area contributed by atoms with Gasteiger partial charge in [-0.2, -0.15) is 0 Å². The predicted octanol–water partition coefficient (Wildman–Crippen LogP) is 2.35. The molecule has 0 amide bonds. The lowest BCUT2D eigenvalue weighted by molar-refractivity contribution is 0.00850. The van der Waals surface area contributed by atoms with Crippen LogP contribution in [0.4, 0.5) is 0 Å². The van der Waals surface area contributed by atoms with E-state index in [1.807, 2.05) is 18.2 Å². The Morgan fingerprint density at radius 1 is 1.23 bits per heavy atom. The van der Waals surface area contributed by atoms with E-state index in [1.54, 1.807) is 7.11 Å². The van der Waals surface area contributed by atoms with Gasteiger partial charge in [0.05, 0.1) is 11.9 Å². The van der Waals surface area contributed by atoms with Gasteiger partial charge in [0.1, 0.15) is 0 Å². The maximum Gasteiger partial charge on any atom is 0.211 e. The first-order chi connectivity index (χ1) is 10.5. The quantitative estimate of drug-likeness (QED) is 0.799. The lowest BCUT2D eigenvalue weighted by atomic mass is 9.84. The van der Waals surface area contributed by atoms with E-state index >= 15 is 0 Å². The number of hydrogen-bond acceptors (Lipinski definition) is 3. The third-order valence-corrected chi connectivity index (χ3v) is 6.52. The molecule has 1 aromatic carbocycles. The molecule has 2 aliphatic rings. The SMILES string of the molecule is COC1CC(CS(=O)(=O)NCC2(Cc3ccccc3)CC2)C1. The van der Waals surface area contributed by atoms with E-state index in [0.717, 1.165) is 32.1 Å². The van der Waals surface area contributed by atoms with Gasteiger partial charge in [0, 0.05) is 13.7 Å². The van der Waals surface area contributed by atoms with Crippen molar-refractivity contribution in [2.24, 2.45) is 11.3 Å². The normalized spacial score (nSPS) is 26.4. The first-order valence-corrected chi connectivity index (χ1v) is 9.70. The minimum Gasteiger partial charge on any atom is -0.381 e. The Labute approximate surface area is 133 Å². The second-order valence-corrected chi connectivity index (χ2v) is 8.81. The molecule has 0 bridgehead atoms. The minimum absolute atomic E-state index is 0.142. The Bertz CT molecular complexity index is 590. The number of sulfonamides is 1. The Kier molecular flexibility index (Phi) is 4.57. The summed E-state index contributed by atoms with van der Waals surface area (Å²) in [7, 11) is -1.48. The van der Waals surface area contributed by atoms with Crippen molar-refractivity contribution in [2.45, 2.75) is 38.2 Å². The first kappa shape index (κ1) is 16.0. The monoisotopic (exact) mass is 323 g/mol. The molecule has 4 nitrogen and oxygen atoms in total. The van der Waals surface area contributed by atoms with Crippen LogP contribution in [-0.4, -0.2) is 33.9 Å². The second-order valence-electron chi connectivity index (χ2n) is 6.96. The van der Waals surface area contributed by atoms with Crippen LogP contribution in [0.1, 0.15) is 31.2 Å². The maximum atomic E-state index is 12.2. The fraction of sp³-hybridized carbons (Fsp3) is 0.647. The van der Waals surface area contributed by atoms with Gasteiger partial charge >= 0.3 is 0 Å². The van der Waals surface area contributed by atoms with Crippen LogP contribution < -0.4 is 4.72 Å². The highest BCUT2D eigenvalue weighted by molar-refractivity contribution is 7.89. The summed E-state index contributed by atoms with van der Waals surface area (Å²) in [5.41, 5.74) is 1.43. The van der Waals surface area contributed by atoms with E-state index in [1.165, 1.54) is 5.56 Å². The Morgan fingerprint density at radius 2 is 1.91 bits per heavy atom. The fourth-order valence-electron chi connectivity index (χ4n) is 3.26. The molecule has 0 radical (unpaired) electrons. The van der Waals surface area contributed by atoms with Gasteiger partial charge in [-0.05, 0) is 49.0 Å². The summed E-state index contributed by atoms with van der Waals surface area (Å²) in [4.78, 5) is 0. The van der Waals surface area contributed by atoms with Crippen LogP contribution in [0.5, 0.6) is 0 Å². The van der Waals surface area contributed by atoms with Crippen LogP contribution in [0.2, 0.25) is 0 Å². The van der Waals surface area contributed by atoms with E-state index < -0.39 is 10.0 Å². The molecule has 5 heteroatoms. The summed E-state index contributed by atoms with van der Waals surface area (Å²) in [6, 6.07) is 10.3. The molecule has 122 valence electrons. The van der Waals surface area contributed by atoms with Crippen LogP contribution in [0.15, 0.2) is 30.3 Å². The number of hydrogen-bond donors (Lipinski definition) is 1. The molecular weight excluding hydrogens is 298 g/mol. The van der Waals surface area contributed by atoms with E-state index in [9.17, 15) is 8.42 Å². The molecule has 0 unspecified atom stereocenters. The van der Waals surface area contributed by atoms with Crippen molar-refractivity contribution in [1.29, 1.82) is 0 Å². The molecule has 0 aliphatic heterocycles. The number of nitrogens with one attached hydrogen (secondary N) is 1. The summed E-state index contributed by atoms with van der Waals surface area (Å²) < 4.78 is 32.5. The highest BCUT2D eigenvalue weighted by Gasteiger charge is 2.43. The number of rotatable bonds is 8. The van der Waals surface area contributed by atoms with E-state index in [2.05, 4.69) is 16.9 Å². The Hall–Kier alpha value is -0.910. The van der Waals surface area contributed by atoms with Gasteiger partial charge in [-0.1, -0.05) is 30.3 Å². The van der Waals surface area contributed by atoms with E-state index in [0.29, 0.717) is 6.54 Å². The summed E-state index contributed by atoms with van der Waals surface area (Å²) >= 11 is 0. The zero-order chi connectivity index (χ0) is 15.6. The summed E-state index contributed by atoms with van der Waals surface area (Å²) in [6.45, 7) is 0.574. The molecule has 22 heavy (non-hydrogen) atoms. The molecule has 1 N–H and O–H groups in total. The zero-order valence-electron chi connectivity index (χ0n) is 13.1. The minimum atomic E-state index is -3.16. The van der Waals surface area contributed by atoms with Crippen molar-refractivity contribution in [1.82, 2.24) is 4.72 Å². The van der Waals surface area contributed by atoms with Crippen molar-refractivity contribution in [2.75, 3.05) is 19.4 Å². The van der Waals surface area contributed by atoms with E-state index in [-0.39, 0.29) is 23.2 Å². The Balaban J connectivity index is 1.47. The zero-order valence-corrected chi connectivity index (χ0v) is 13.9. The molecule has 0 spiro atoms. The topological polar surface area (TPSA) is 55.4 Å². The molecule has 0 aromatic heterocycles. The van der Waals surface area contributed by atoms with Gasteiger partial charge in [0.2, 0.25) is 10.0 Å². The lowest BCUT2D eigenvalue weighted by Crippen LogP contribution is -2.40. The highest BCUT2D eigenvalue weighted by Crippen LogP contribution is 2.48. The van der Waals surface area contributed by atoms with Crippen molar-refractivity contribution in [3.63, 3.8) is 0 Å². The Morgan fingerprint density at radius 3 is 2.50 bits per heavy atom. The van der Waals surface area contributed by atoms with Gasteiger partial charge in [-0.25, -0.2) is 13.1 Å². The van der Waals surface area contributed by atoms with Crippen molar-refractivity contribution in [3.8, 4) is 0 Å². The summed E-state index contributed by atoms with van der Waals surface area (Å²) in [6.07, 6.45) is 5.18. The largest absolute Gasteiger partial charge is 0.381 e. The third-order valence-electron chi connectivity index (χ3n) is 5.03. The molecule has 3 rings (SSSR count). The first-order valence-electron chi connectivity index (χ1n) is 8.04. The lowest BCUT2D eigenvalue weighted by Gasteiger charge is -2.33. The van der Waals surface area contributed by atoms with Crippen molar-refractivity contribution in [3.05, 3.63) is 35.9 Å². The van der Waals surface area contributed by atoms with Crippen LogP contribution in [0.25, 0.3) is 0 Å². The van der Waals surface area contributed by atoms with Crippen molar-refractivity contribution >= 4 is 10.0 Å². The van der Waals surface area contributed by atoms with Gasteiger partial charge in [-0.15, -0.1) is 0 Å². The molecular formula is C17H25NO3S. The predicted molar refractivity (Wildman–Crippen MR) is 87.1 cm³/mol. The van der Waals surface area contributed by atoms with Gasteiger partial charge < -0.3 is 4.74 Å². The van der Waals surface area contributed by atoms with Crippen LogP contribution in [0, 0.1) is 11.3 Å². The van der Waals surface area contributed by atoms with E-state index in [4.69, 9.17) is 4.74 Å². The molecule has 0 heterocycles. The third kappa shape index (κ3) is 4.09. The molecule has 0 atom stereocenters. The average Bonchev–Trinajstić information content (AvgIpc) is 3.22. The number of ether oxygens (including phenoxy) is 1. The smallest absolute Gasteiger partial charge is 0.211 e. The number of methoxy groups -OCH3 is 1. The van der Waals surface area contributed by atoms with Gasteiger partial charge in [-0.3, -0.25) is 0 Å². The average molecular weight is 323 g/mol. The molecule has 2 aliphatic carbocycles. The molecule has 1 aromatic rings. The van der Waals surface area contributed by atoms with Crippen LogP contribution in [-0.2, 0) is 21.2 Å². The van der Waals surface area contributed by atoms with Crippen LogP contribution >= 0.6 is 0 Å². The van der Waals surface area contributed by atoms with Gasteiger partial charge in [0.25, 0.3) is 0 Å². The summed E-state index contributed by atoms with van der Waals surface area (Å²) in [5, 5.41) is 0. The summed E-state index contributed by atoms with van der Waals surface area (Å²) in [5.74, 6) is 0.501. The molecule has 0 saturated heterocycles. The highest BCUT2D eigenvalue weighted by atomic mass is 32.2. The number of benzene rings is 1.